The van der Waals surface area contributed by atoms with Crippen LogP contribution in [0.2, 0.25) is 0 Å². The van der Waals surface area contributed by atoms with Crippen molar-refractivity contribution in [1.29, 1.82) is 0 Å². The molecule has 0 spiro atoms. The Morgan fingerprint density at radius 3 is 2.23 bits per heavy atom. The Bertz CT molecular complexity index is 1060. The monoisotopic (exact) mass is 420 g/mol. The molecule has 2 aromatic heterocycles. The number of hydrogen-bond acceptors (Lipinski definition) is 6. The summed E-state index contributed by atoms with van der Waals surface area (Å²) in [5.41, 5.74) is 4.04. The van der Waals surface area contributed by atoms with E-state index in [0.29, 0.717) is 11.5 Å². The molecule has 0 fully saturated rings. The Labute approximate surface area is 180 Å². The molecule has 0 aliphatic heterocycles. The molecule has 0 saturated carbocycles. The van der Waals surface area contributed by atoms with Gasteiger partial charge in [0.25, 0.3) is 5.78 Å². The minimum atomic E-state index is -0.643. The molecule has 30 heavy (non-hydrogen) atoms. The van der Waals surface area contributed by atoms with Crippen LogP contribution in [0.5, 0.6) is 0 Å². The summed E-state index contributed by atoms with van der Waals surface area (Å²) in [6.45, 7) is 4.15. The largest absolute Gasteiger partial charge is 0.390 e. The van der Waals surface area contributed by atoms with E-state index >= 15 is 0 Å². The van der Waals surface area contributed by atoms with Gasteiger partial charge in [-0.15, -0.1) is 10.2 Å². The van der Waals surface area contributed by atoms with Crippen LogP contribution in [0.3, 0.4) is 0 Å². The topological polar surface area (TPSA) is 72.5 Å². The fourth-order valence-electron chi connectivity index (χ4n) is 3.36. The third kappa shape index (κ3) is 4.70. The number of hydrogen-bond donors (Lipinski definition) is 1. The lowest BCUT2D eigenvalue weighted by molar-refractivity contribution is 0.0155. The third-order valence-corrected chi connectivity index (χ3v) is 5.80. The maximum Gasteiger partial charge on any atom is 0.256 e. The van der Waals surface area contributed by atoms with Gasteiger partial charge in [-0.25, -0.2) is 4.98 Å². The van der Waals surface area contributed by atoms with Crippen LogP contribution in [-0.4, -0.2) is 43.2 Å². The first-order chi connectivity index (χ1) is 14.6. The first kappa shape index (κ1) is 20.5. The van der Waals surface area contributed by atoms with E-state index in [-0.39, 0.29) is 12.7 Å². The molecule has 0 saturated heterocycles. The van der Waals surface area contributed by atoms with Gasteiger partial charge in [0.1, 0.15) is 6.10 Å². The summed E-state index contributed by atoms with van der Waals surface area (Å²) in [5.74, 6) is 1.03. The van der Waals surface area contributed by atoms with Crippen LogP contribution in [0.4, 0.5) is 0 Å². The van der Waals surface area contributed by atoms with Gasteiger partial charge in [0.05, 0.1) is 12.7 Å². The first-order valence-corrected chi connectivity index (χ1v) is 10.8. The molecule has 0 aliphatic rings. The van der Waals surface area contributed by atoms with Crippen LogP contribution in [0, 0.1) is 13.8 Å². The molecule has 0 bridgehead atoms. The Morgan fingerprint density at radius 2 is 1.60 bits per heavy atom. The second-order valence-electron chi connectivity index (χ2n) is 7.16. The lowest BCUT2D eigenvalue weighted by Gasteiger charge is -2.21. The van der Waals surface area contributed by atoms with E-state index < -0.39 is 6.10 Å². The highest BCUT2D eigenvalue weighted by atomic mass is 32.2. The van der Waals surface area contributed by atoms with E-state index in [2.05, 4.69) is 15.2 Å². The van der Waals surface area contributed by atoms with Gasteiger partial charge in [0.2, 0.25) is 0 Å². The van der Waals surface area contributed by atoms with Gasteiger partial charge >= 0.3 is 0 Å². The predicted octanol–water partition coefficient (Wildman–Crippen LogP) is 4.00. The number of ether oxygens (including phenoxy) is 1. The van der Waals surface area contributed by atoms with Crippen molar-refractivity contribution in [2.45, 2.75) is 31.2 Å². The number of aliphatic hydroxyl groups excluding tert-OH is 1. The molecule has 0 aliphatic carbocycles. The molecule has 6 nitrogen and oxygen atoms in total. The molecule has 0 unspecified atom stereocenters. The van der Waals surface area contributed by atoms with Crippen molar-refractivity contribution in [3.8, 4) is 0 Å². The smallest absolute Gasteiger partial charge is 0.256 e. The highest BCUT2D eigenvalue weighted by molar-refractivity contribution is 7.99. The highest BCUT2D eigenvalue weighted by Crippen LogP contribution is 2.26. The van der Waals surface area contributed by atoms with Crippen molar-refractivity contribution < 1.29 is 9.84 Å². The van der Waals surface area contributed by atoms with Gasteiger partial charge < -0.3 is 9.84 Å². The van der Waals surface area contributed by atoms with Crippen molar-refractivity contribution in [2.24, 2.45) is 0 Å². The van der Waals surface area contributed by atoms with Crippen molar-refractivity contribution in [3.05, 3.63) is 89.2 Å². The van der Waals surface area contributed by atoms with Crippen LogP contribution in [0.25, 0.3) is 5.78 Å². The van der Waals surface area contributed by atoms with Crippen LogP contribution >= 0.6 is 11.8 Å². The van der Waals surface area contributed by atoms with E-state index in [4.69, 9.17) is 4.74 Å². The average Bonchev–Trinajstić information content (AvgIpc) is 3.17. The Balaban J connectivity index is 1.41. The number of thioether (sulfide) groups is 1. The molecular formula is C23H24N4O2S. The van der Waals surface area contributed by atoms with E-state index in [1.807, 2.05) is 85.0 Å². The molecule has 4 rings (SSSR count). The van der Waals surface area contributed by atoms with Gasteiger partial charge in [-0.3, -0.25) is 4.40 Å². The standard InChI is InChI=1S/C23H24N4O2S/c1-16-13-17(2)27-22(24-16)25-26-23(27)30-15-20(28)14-29-21(18-9-5-3-6-10-18)19-11-7-4-8-12-19/h3-13,20-21,28H,14-15H2,1-2H3/t20-/m0/s1. The molecular weight excluding hydrogens is 396 g/mol. The van der Waals surface area contributed by atoms with E-state index in [0.717, 1.165) is 27.7 Å². The van der Waals surface area contributed by atoms with Gasteiger partial charge in [-0.05, 0) is 31.0 Å². The van der Waals surface area contributed by atoms with Gasteiger partial charge in [0, 0.05) is 17.1 Å². The number of aryl methyl sites for hydroxylation is 2. The Kier molecular flexibility index (Phi) is 6.42. The van der Waals surface area contributed by atoms with Crippen molar-refractivity contribution in [2.75, 3.05) is 12.4 Å². The summed E-state index contributed by atoms with van der Waals surface area (Å²) in [7, 11) is 0. The lowest BCUT2D eigenvalue weighted by Crippen LogP contribution is -2.21. The van der Waals surface area contributed by atoms with Crippen molar-refractivity contribution >= 4 is 17.5 Å². The Morgan fingerprint density at radius 1 is 0.967 bits per heavy atom. The van der Waals surface area contributed by atoms with Crippen LogP contribution in [0.15, 0.2) is 71.9 Å². The van der Waals surface area contributed by atoms with Gasteiger partial charge in [-0.1, -0.05) is 72.4 Å². The first-order valence-electron chi connectivity index (χ1n) is 9.83. The Hall–Kier alpha value is -2.74. The third-order valence-electron chi connectivity index (χ3n) is 4.73. The zero-order valence-electron chi connectivity index (χ0n) is 17.0. The number of benzene rings is 2. The SMILES string of the molecule is Cc1cc(C)n2c(SC[C@@H](O)COC(c3ccccc3)c3ccccc3)nnc2n1. The van der Waals surface area contributed by atoms with Crippen LogP contribution in [-0.2, 0) is 4.74 Å². The maximum atomic E-state index is 10.6. The predicted molar refractivity (Wildman–Crippen MR) is 118 cm³/mol. The molecule has 2 aromatic carbocycles. The second-order valence-corrected chi connectivity index (χ2v) is 8.14. The highest BCUT2D eigenvalue weighted by Gasteiger charge is 2.18. The number of aliphatic hydroxyl groups is 1. The molecule has 2 heterocycles. The summed E-state index contributed by atoms with van der Waals surface area (Å²) in [5, 5.41) is 19.6. The minimum absolute atomic E-state index is 0.217. The summed E-state index contributed by atoms with van der Waals surface area (Å²) < 4.78 is 8.06. The summed E-state index contributed by atoms with van der Waals surface area (Å²) >= 11 is 1.45. The number of fused-ring (bicyclic) bond motifs is 1. The molecule has 7 heteroatoms. The van der Waals surface area contributed by atoms with Crippen molar-refractivity contribution in [3.63, 3.8) is 0 Å². The lowest BCUT2D eigenvalue weighted by atomic mass is 10.0. The minimum Gasteiger partial charge on any atom is -0.390 e. The van der Waals surface area contributed by atoms with Gasteiger partial charge in [-0.2, -0.15) is 0 Å². The van der Waals surface area contributed by atoms with E-state index in [9.17, 15) is 5.11 Å². The zero-order valence-corrected chi connectivity index (χ0v) is 17.8. The second kappa shape index (κ2) is 9.38. The van der Waals surface area contributed by atoms with E-state index in [1.165, 1.54) is 11.8 Å². The maximum absolute atomic E-state index is 10.6. The summed E-state index contributed by atoms with van der Waals surface area (Å²) in [4.78, 5) is 4.40. The fraction of sp³-hybridized carbons (Fsp3) is 0.261. The number of rotatable bonds is 8. The average molecular weight is 421 g/mol. The summed E-state index contributed by atoms with van der Waals surface area (Å²) in [6, 6.07) is 22.1. The normalized spacial score (nSPS) is 12.5. The quantitative estimate of drug-likeness (QED) is 0.435. The number of aromatic nitrogens is 4. The van der Waals surface area contributed by atoms with Crippen LogP contribution < -0.4 is 0 Å². The zero-order chi connectivity index (χ0) is 20.9. The molecule has 1 N–H and O–H groups in total. The van der Waals surface area contributed by atoms with E-state index in [1.54, 1.807) is 0 Å². The fourth-order valence-corrected chi connectivity index (χ4v) is 4.25. The summed E-state index contributed by atoms with van der Waals surface area (Å²) in [6.07, 6.45) is -0.869. The van der Waals surface area contributed by atoms with Crippen LogP contribution in [0.1, 0.15) is 28.6 Å². The molecule has 0 amide bonds. The molecule has 4 aromatic rings. The molecule has 154 valence electrons. The van der Waals surface area contributed by atoms with Gasteiger partial charge in [0.15, 0.2) is 5.16 Å². The molecule has 0 radical (unpaired) electrons. The number of nitrogens with zero attached hydrogens (tertiary/aromatic N) is 4. The van der Waals surface area contributed by atoms with Crippen molar-refractivity contribution in [1.82, 2.24) is 19.6 Å². The molecule has 1 atom stereocenters.